The summed E-state index contributed by atoms with van der Waals surface area (Å²) in [6.45, 7) is 0. The molecule has 1 heterocycles. The van der Waals surface area contributed by atoms with E-state index >= 15 is 0 Å². The van der Waals surface area contributed by atoms with Crippen LogP contribution >= 0.6 is 11.6 Å². The van der Waals surface area contributed by atoms with E-state index in [1.54, 1.807) is 19.4 Å². The molecule has 90 valence electrons. The second-order valence-corrected chi connectivity index (χ2v) is 4.06. The number of furan rings is 1. The highest BCUT2D eigenvalue weighted by atomic mass is 35.5. The van der Waals surface area contributed by atoms with Gasteiger partial charge in [-0.2, -0.15) is 0 Å². The van der Waals surface area contributed by atoms with Crippen LogP contribution in [0.1, 0.15) is 17.4 Å². The van der Waals surface area contributed by atoms with E-state index in [1.165, 1.54) is 0 Å². The molecular formula is C13H14ClNO2. The molecule has 0 aliphatic carbocycles. The number of benzene rings is 1. The summed E-state index contributed by atoms with van der Waals surface area (Å²) in [5, 5.41) is 3.86. The molecule has 0 aliphatic rings. The van der Waals surface area contributed by atoms with E-state index in [9.17, 15) is 0 Å². The summed E-state index contributed by atoms with van der Waals surface area (Å²) in [7, 11) is 3.51. The summed E-state index contributed by atoms with van der Waals surface area (Å²) >= 11 is 6.02. The molecule has 1 aromatic heterocycles. The van der Waals surface area contributed by atoms with Gasteiger partial charge in [-0.15, -0.1) is 0 Å². The van der Waals surface area contributed by atoms with Crippen molar-refractivity contribution in [1.82, 2.24) is 5.32 Å². The number of halogens is 1. The van der Waals surface area contributed by atoms with Gasteiger partial charge in [0.05, 0.1) is 19.4 Å². The first kappa shape index (κ1) is 12.0. The van der Waals surface area contributed by atoms with Crippen LogP contribution in [0.5, 0.6) is 5.75 Å². The average molecular weight is 252 g/mol. The minimum atomic E-state index is -0.0707. The third kappa shape index (κ3) is 2.46. The highest BCUT2D eigenvalue weighted by Crippen LogP contribution is 2.32. The van der Waals surface area contributed by atoms with Crippen molar-refractivity contribution >= 4 is 11.6 Å². The quantitative estimate of drug-likeness (QED) is 0.906. The maximum absolute atomic E-state index is 6.02. The summed E-state index contributed by atoms with van der Waals surface area (Å²) in [4.78, 5) is 0. The lowest BCUT2D eigenvalue weighted by atomic mass is 10.0. The lowest BCUT2D eigenvalue weighted by Gasteiger charge is -2.17. The molecule has 0 saturated carbocycles. The Balaban J connectivity index is 2.46. The molecule has 0 radical (unpaired) electrons. The Hall–Kier alpha value is -1.45. The predicted molar refractivity (Wildman–Crippen MR) is 67.6 cm³/mol. The van der Waals surface area contributed by atoms with Crippen molar-refractivity contribution in [3.63, 3.8) is 0 Å². The standard InChI is InChI=1S/C13H14ClNO2/c1-15-13(12-4-3-7-17-12)10-8-9(14)5-6-11(10)16-2/h3-8,13,15H,1-2H3. The Morgan fingerprint density at radius 1 is 1.35 bits per heavy atom. The number of methoxy groups -OCH3 is 1. The fraction of sp³-hybridized carbons (Fsp3) is 0.231. The van der Waals surface area contributed by atoms with Crippen molar-refractivity contribution in [1.29, 1.82) is 0 Å². The molecule has 1 N–H and O–H groups in total. The summed E-state index contributed by atoms with van der Waals surface area (Å²) in [5.74, 6) is 1.61. The van der Waals surface area contributed by atoms with Gasteiger partial charge in [0, 0.05) is 10.6 Å². The zero-order valence-electron chi connectivity index (χ0n) is 9.74. The van der Waals surface area contributed by atoms with Crippen LogP contribution in [-0.4, -0.2) is 14.2 Å². The zero-order chi connectivity index (χ0) is 12.3. The monoisotopic (exact) mass is 251 g/mol. The minimum absolute atomic E-state index is 0.0707. The summed E-state index contributed by atoms with van der Waals surface area (Å²) in [6, 6.07) is 9.24. The second-order valence-electron chi connectivity index (χ2n) is 3.62. The van der Waals surface area contributed by atoms with Crippen LogP contribution in [0.4, 0.5) is 0 Å². The van der Waals surface area contributed by atoms with Gasteiger partial charge in [-0.25, -0.2) is 0 Å². The molecule has 0 spiro atoms. The smallest absolute Gasteiger partial charge is 0.125 e. The van der Waals surface area contributed by atoms with Crippen LogP contribution < -0.4 is 10.1 Å². The number of rotatable bonds is 4. The molecule has 0 amide bonds. The third-order valence-corrected chi connectivity index (χ3v) is 2.85. The van der Waals surface area contributed by atoms with Gasteiger partial charge in [0.1, 0.15) is 11.5 Å². The first-order valence-corrected chi connectivity index (χ1v) is 5.68. The van der Waals surface area contributed by atoms with Crippen molar-refractivity contribution in [2.75, 3.05) is 14.2 Å². The van der Waals surface area contributed by atoms with Crippen molar-refractivity contribution in [2.45, 2.75) is 6.04 Å². The minimum Gasteiger partial charge on any atom is -0.496 e. The van der Waals surface area contributed by atoms with E-state index in [0.29, 0.717) is 5.02 Å². The second kappa shape index (κ2) is 5.25. The van der Waals surface area contributed by atoms with E-state index in [4.69, 9.17) is 20.8 Å². The molecular weight excluding hydrogens is 238 g/mol. The van der Waals surface area contributed by atoms with Crippen LogP contribution in [0, 0.1) is 0 Å². The van der Waals surface area contributed by atoms with Crippen molar-refractivity contribution in [3.05, 3.63) is 52.9 Å². The molecule has 1 unspecified atom stereocenters. The van der Waals surface area contributed by atoms with Crippen LogP contribution in [0.25, 0.3) is 0 Å². The lowest BCUT2D eigenvalue weighted by molar-refractivity contribution is 0.397. The lowest BCUT2D eigenvalue weighted by Crippen LogP contribution is -2.17. The van der Waals surface area contributed by atoms with Crippen LogP contribution in [-0.2, 0) is 0 Å². The van der Waals surface area contributed by atoms with Crippen molar-refractivity contribution < 1.29 is 9.15 Å². The average Bonchev–Trinajstić information content (AvgIpc) is 2.84. The maximum Gasteiger partial charge on any atom is 0.125 e. The van der Waals surface area contributed by atoms with Crippen molar-refractivity contribution in [3.8, 4) is 5.75 Å². The SMILES string of the molecule is CNC(c1ccco1)c1cc(Cl)ccc1OC. The zero-order valence-corrected chi connectivity index (χ0v) is 10.5. The third-order valence-electron chi connectivity index (χ3n) is 2.62. The Morgan fingerprint density at radius 3 is 2.76 bits per heavy atom. The Labute approximate surface area is 105 Å². The van der Waals surface area contributed by atoms with Crippen molar-refractivity contribution in [2.24, 2.45) is 0 Å². The molecule has 2 aromatic rings. The van der Waals surface area contributed by atoms with Gasteiger partial charge in [0.2, 0.25) is 0 Å². The van der Waals surface area contributed by atoms with Gasteiger partial charge in [0.25, 0.3) is 0 Å². The molecule has 4 heteroatoms. The van der Waals surface area contributed by atoms with E-state index in [2.05, 4.69) is 5.32 Å². The highest BCUT2D eigenvalue weighted by Gasteiger charge is 2.19. The number of hydrogen-bond donors (Lipinski definition) is 1. The molecule has 2 rings (SSSR count). The molecule has 1 aromatic carbocycles. The van der Waals surface area contributed by atoms with E-state index in [1.807, 2.05) is 31.3 Å². The van der Waals surface area contributed by atoms with Gasteiger partial charge in [-0.05, 0) is 37.4 Å². The van der Waals surface area contributed by atoms with Gasteiger partial charge in [0.15, 0.2) is 0 Å². The molecule has 0 saturated heterocycles. The maximum atomic E-state index is 6.02. The number of hydrogen-bond acceptors (Lipinski definition) is 3. The normalized spacial score (nSPS) is 12.4. The summed E-state index contributed by atoms with van der Waals surface area (Å²) in [5.41, 5.74) is 0.956. The summed E-state index contributed by atoms with van der Waals surface area (Å²) < 4.78 is 10.8. The van der Waals surface area contributed by atoms with E-state index in [0.717, 1.165) is 17.1 Å². The van der Waals surface area contributed by atoms with Crippen LogP contribution in [0.15, 0.2) is 41.0 Å². The van der Waals surface area contributed by atoms with Crippen LogP contribution in [0.3, 0.4) is 0 Å². The topological polar surface area (TPSA) is 34.4 Å². The molecule has 17 heavy (non-hydrogen) atoms. The van der Waals surface area contributed by atoms with Gasteiger partial charge >= 0.3 is 0 Å². The van der Waals surface area contributed by atoms with Gasteiger partial charge in [-0.1, -0.05) is 11.6 Å². The fourth-order valence-corrected chi connectivity index (χ4v) is 2.02. The highest BCUT2D eigenvalue weighted by molar-refractivity contribution is 6.30. The molecule has 0 aliphatic heterocycles. The Kier molecular flexibility index (Phi) is 3.71. The molecule has 0 bridgehead atoms. The van der Waals surface area contributed by atoms with E-state index in [-0.39, 0.29) is 6.04 Å². The Bertz CT molecular complexity index is 482. The Morgan fingerprint density at radius 2 is 2.18 bits per heavy atom. The molecule has 1 atom stereocenters. The fourth-order valence-electron chi connectivity index (χ4n) is 1.84. The van der Waals surface area contributed by atoms with E-state index < -0.39 is 0 Å². The summed E-state index contributed by atoms with van der Waals surface area (Å²) in [6.07, 6.45) is 1.65. The molecule has 0 fully saturated rings. The first-order chi connectivity index (χ1) is 8.26. The van der Waals surface area contributed by atoms with Crippen LogP contribution in [0.2, 0.25) is 5.02 Å². The van der Waals surface area contributed by atoms with Gasteiger partial charge in [-0.3, -0.25) is 0 Å². The number of ether oxygens (including phenoxy) is 1. The molecule has 3 nitrogen and oxygen atoms in total. The first-order valence-electron chi connectivity index (χ1n) is 5.30. The predicted octanol–water partition coefficient (Wildman–Crippen LogP) is 3.25. The largest absolute Gasteiger partial charge is 0.496 e. The number of nitrogens with one attached hydrogen (secondary N) is 1. The van der Waals surface area contributed by atoms with Gasteiger partial charge < -0.3 is 14.5 Å².